The number of amides is 1. The van der Waals surface area contributed by atoms with Crippen LogP contribution in [0.15, 0.2) is 22.2 Å². The van der Waals surface area contributed by atoms with Gasteiger partial charge < -0.3 is 9.88 Å². The Morgan fingerprint density at radius 1 is 1.57 bits per heavy atom. The fourth-order valence-corrected chi connectivity index (χ4v) is 4.76. The highest BCUT2D eigenvalue weighted by Gasteiger charge is 2.33. The summed E-state index contributed by atoms with van der Waals surface area (Å²) in [5, 5.41) is 0.381. The molecule has 0 radical (unpaired) electrons. The largest absolute Gasteiger partial charge is 0.338 e. The lowest BCUT2D eigenvalue weighted by Crippen LogP contribution is -2.42. The molecule has 0 saturated carbocycles. The molecule has 0 unspecified atom stereocenters. The third-order valence-electron chi connectivity index (χ3n) is 3.29. The van der Waals surface area contributed by atoms with Gasteiger partial charge in [0.2, 0.25) is 5.91 Å². The Morgan fingerprint density at radius 3 is 2.90 bits per heavy atom. The number of H-pyrrole nitrogens is 1. The molecule has 1 amide bonds. The summed E-state index contributed by atoms with van der Waals surface area (Å²) in [5.41, 5.74) is -0.269. The Hall–Kier alpha value is -1.35. The number of thioether (sulfide) groups is 1. The van der Waals surface area contributed by atoms with Crippen molar-refractivity contribution in [2.24, 2.45) is 0 Å². The van der Waals surface area contributed by atoms with Crippen molar-refractivity contribution < 1.29 is 13.2 Å². The lowest BCUT2D eigenvalue weighted by molar-refractivity contribution is -0.129. The van der Waals surface area contributed by atoms with Crippen molar-refractivity contribution in [3.8, 4) is 0 Å². The van der Waals surface area contributed by atoms with E-state index in [1.54, 1.807) is 4.90 Å². The predicted molar refractivity (Wildman–Crippen MR) is 80.0 cm³/mol. The molecule has 9 heteroatoms. The number of rotatable bonds is 5. The monoisotopic (exact) mass is 331 g/mol. The Bertz CT molecular complexity index is 671. The first kappa shape index (κ1) is 16.0. The van der Waals surface area contributed by atoms with E-state index in [2.05, 4.69) is 9.97 Å². The maximum absolute atomic E-state index is 12.2. The first-order valence-corrected chi connectivity index (χ1v) is 9.40. The van der Waals surface area contributed by atoms with Gasteiger partial charge in [0.25, 0.3) is 5.56 Å². The number of carbonyl (C=O) groups excluding carboxylic acids is 1. The highest BCUT2D eigenvalue weighted by atomic mass is 32.2. The molecule has 1 aromatic heterocycles. The molecule has 1 fully saturated rings. The summed E-state index contributed by atoms with van der Waals surface area (Å²) >= 11 is 1.14. The summed E-state index contributed by atoms with van der Waals surface area (Å²) in [5.74, 6) is 0.160. The molecular weight excluding hydrogens is 314 g/mol. The Labute approximate surface area is 127 Å². The molecule has 1 saturated heterocycles. The third-order valence-corrected chi connectivity index (χ3v) is 5.91. The molecule has 2 heterocycles. The summed E-state index contributed by atoms with van der Waals surface area (Å²) in [4.78, 5) is 31.4. The number of aromatic nitrogens is 2. The predicted octanol–water partition coefficient (Wildman–Crippen LogP) is -0.102. The molecule has 0 spiro atoms. The van der Waals surface area contributed by atoms with E-state index in [4.69, 9.17) is 0 Å². The summed E-state index contributed by atoms with van der Waals surface area (Å²) in [6.45, 7) is 2.30. The fourth-order valence-electron chi connectivity index (χ4n) is 2.30. The number of hydrogen-bond donors (Lipinski definition) is 1. The molecule has 0 bridgehead atoms. The number of hydrogen-bond acceptors (Lipinski definition) is 6. The third kappa shape index (κ3) is 4.31. The Kier molecular flexibility index (Phi) is 5.04. The average Bonchev–Trinajstić information content (AvgIpc) is 2.77. The maximum atomic E-state index is 12.2. The summed E-state index contributed by atoms with van der Waals surface area (Å²) in [7, 11) is -3.02. The second-order valence-electron chi connectivity index (χ2n) is 4.76. The van der Waals surface area contributed by atoms with E-state index in [1.807, 2.05) is 6.92 Å². The van der Waals surface area contributed by atoms with Gasteiger partial charge in [0, 0.05) is 24.8 Å². The van der Waals surface area contributed by atoms with Gasteiger partial charge in [-0.05, 0) is 13.3 Å². The fraction of sp³-hybridized carbons (Fsp3) is 0.583. The molecule has 0 aliphatic carbocycles. The normalized spacial score (nSPS) is 20.3. The van der Waals surface area contributed by atoms with Crippen molar-refractivity contribution in [2.45, 2.75) is 24.5 Å². The molecule has 0 aromatic carbocycles. The highest BCUT2D eigenvalue weighted by Crippen LogP contribution is 2.19. The number of aromatic amines is 1. The zero-order valence-electron chi connectivity index (χ0n) is 11.6. The number of carbonyl (C=O) groups is 1. The van der Waals surface area contributed by atoms with E-state index in [1.165, 1.54) is 12.3 Å². The van der Waals surface area contributed by atoms with Crippen LogP contribution in [0.5, 0.6) is 0 Å². The standard InChI is InChI=1S/C12H17N3O4S2/c1-2-15(9-4-6-21(18,19)8-9)11(17)7-20-12-13-5-3-10(16)14-12/h3,5,9H,2,4,6-8H2,1H3,(H,13,14,16)/t9-/m1/s1. The molecule has 1 aliphatic rings. The minimum absolute atomic E-state index is 0.0394. The minimum Gasteiger partial charge on any atom is -0.338 e. The van der Waals surface area contributed by atoms with Crippen LogP contribution in [-0.2, 0) is 14.6 Å². The van der Waals surface area contributed by atoms with E-state index in [0.717, 1.165) is 11.8 Å². The topological polar surface area (TPSA) is 100 Å². The van der Waals surface area contributed by atoms with Crippen LogP contribution in [0, 0.1) is 0 Å². The quantitative estimate of drug-likeness (QED) is 0.597. The van der Waals surface area contributed by atoms with Crippen molar-refractivity contribution in [2.75, 3.05) is 23.8 Å². The maximum Gasteiger partial charge on any atom is 0.251 e. The van der Waals surface area contributed by atoms with E-state index >= 15 is 0 Å². The van der Waals surface area contributed by atoms with Gasteiger partial charge in [-0.1, -0.05) is 11.8 Å². The summed E-state index contributed by atoms with van der Waals surface area (Å²) in [6, 6.07) is 1.06. The number of nitrogens with zero attached hydrogens (tertiary/aromatic N) is 2. The second-order valence-corrected chi connectivity index (χ2v) is 7.96. The van der Waals surface area contributed by atoms with Crippen LogP contribution in [0.25, 0.3) is 0 Å². The van der Waals surface area contributed by atoms with Gasteiger partial charge in [-0.2, -0.15) is 0 Å². The van der Waals surface area contributed by atoms with Crippen LogP contribution in [0.4, 0.5) is 0 Å². The first-order valence-electron chi connectivity index (χ1n) is 6.59. The SMILES string of the molecule is CCN(C(=O)CSc1nccc(=O)[nH]1)[C@@H]1CCS(=O)(=O)C1. The van der Waals surface area contributed by atoms with Crippen molar-refractivity contribution in [1.29, 1.82) is 0 Å². The first-order chi connectivity index (χ1) is 9.91. The van der Waals surface area contributed by atoms with E-state index in [0.29, 0.717) is 18.1 Å². The van der Waals surface area contributed by atoms with Gasteiger partial charge >= 0.3 is 0 Å². The molecular formula is C12H17N3O4S2. The van der Waals surface area contributed by atoms with E-state index in [-0.39, 0.29) is 34.8 Å². The second kappa shape index (κ2) is 6.61. The zero-order chi connectivity index (χ0) is 15.5. The van der Waals surface area contributed by atoms with E-state index < -0.39 is 9.84 Å². The number of nitrogens with one attached hydrogen (secondary N) is 1. The van der Waals surface area contributed by atoms with Crippen molar-refractivity contribution in [1.82, 2.24) is 14.9 Å². The Morgan fingerprint density at radius 2 is 2.33 bits per heavy atom. The molecule has 21 heavy (non-hydrogen) atoms. The van der Waals surface area contributed by atoms with Crippen LogP contribution in [0.3, 0.4) is 0 Å². The lowest BCUT2D eigenvalue weighted by atomic mass is 10.2. The van der Waals surface area contributed by atoms with Crippen LogP contribution in [-0.4, -0.2) is 59.0 Å². The molecule has 7 nitrogen and oxygen atoms in total. The van der Waals surface area contributed by atoms with Gasteiger partial charge in [0.05, 0.1) is 17.3 Å². The molecule has 116 valence electrons. The van der Waals surface area contributed by atoms with Crippen LogP contribution < -0.4 is 5.56 Å². The van der Waals surface area contributed by atoms with Crippen LogP contribution >= 0.6 is 11.8 Å². The molecule has 2 rings (SSSR count). The Balaban J connectivity index is 1.96. The lowest BCUT2D eigenvalue weighted by Gasteiger charge is -2.26. The minimum atomic E-state index is -3.02. The molecule has 1 aromatic rings. The van der Waals surface area contributed by atoms with Crippen molar-refractivity contribution in [3.05, 3.63) is 22.6 Å². The highest BCUT2D eigenvalue weighted by molar-refractivity contribution is 7.99. The molecule has 1 aliphatic heterocycles. The van der Waals surface area contributed by atoms with Crippen LogP contribution in [0.2, 0.25) is 0 Å². The smallest absolute Gasteiger partial charge is 0.251 e. The summed E-state index contributed by atoms with van der Waals surface area (Å²) < 4.78 is 23.0. The van der Waals surface area contributed by atoms with Gasteiger partial charge in [-0.15, -0.1) is 0 Å². The number of sulfone groups is 1. The zero-order valence-corrected chi connectivity index (χ0v) is 13.2. The van der Waals surface area contributed by atoms with Crippen molar-refractivity contribution in [3.63, 3.8) is 0 Å². The van der Waals surface area contributed by atoms with Gasteiger partial charge in [-0.3, -0.25) is 9.59 Å². The van der Waals surface area contributed by atoms with Gasteiger partial charge in [0.1, 0.15) is 0 Å². The van der Waals surface area contributed by atoms with Crippen molar-refractivity contribution >= 4 is 27.5 Å². The average molecular weight is 331 g/mol. The molecule has 1 N–H and O–H groups in total. The van der Waals surface area contributed by atoms with Gasteiger partial charge in [0.15, 0.2) is 15.0 Å². The van der Waals surface area contributed by atoms with E-state index in [9.17, 15) is 18.0 Å². The molecule has 1 atom stereocenters. The van der Waals surface area contributed by atoms with Crippen LogP contribution in [0.1, 0.15) is 13.3 Å². The summed E-state index contributed by atoms with van der Waals surface area (Å²) in [6.07, 6.45) is 1.87. The van der Waals surface area contributed by atoms with Gasteiger partial charge in [-0.25, -0.2) is 13.4 Å².